The summed E-state index contributed by atoms with van der Waals surface area (Å²) in [5, 5.41) is 5.97. The molecular formula is C17H16F3N5O2. The van der Waals surface area contributed by atoms with Crippen LogP contribution in [0.3, 0.4) is 0 Å². The highest BCUT2D eigenvalue weighted by Gasteiger charge is 2.37. The van der Waals surface area contributed by atoms with Gasteiger partial charge in [-0.2, -0.15) is 18.3 Å². The van der Waals surface area contributed by atoms with E-state index in [9.17, 15) is 18.0 Å². The molecule has 0 fully saturated rings. The number of alkyl halides is 3. The van der Waals surface area contributed by atoms with Crippen molar-refractivity contribution < 1.29 is 22.7 Å². The SMILES string of the molecule is COc1ccc(-c2cc(C)n3ncc(C(=O)N[C@H](C)C(F)(F)F)c3n2)cn1. The summed E-state index contributed by atoms with van der Waals surface area (Å²) in [5.41, 5.74) is 1.95. The first-order valence-corrected chi connectivity index (χ1v) is 7.94. The predicted molar refractivity (Wildman–Crippen MR) is 90.5 cm³/mol. The van der Waals surface area contributed by atoms with Crippen molar-refractivity contribution in [1.29, 1.82) is 0 Å². The quantitative estimate of drug-likeness (QED) is 0.754. The zero-order chi connectivity index (χ0) is 19.8. The standard InChI is InChI=1S/C17H16F3N5O2/c1-9-6-13(11-4-5-14(27-3)21-7-11)24-15-12(8-22-25(9)15)16(26)23-10(2)17(18,19)20/h4-8,10H,1-3H3,(H,23,26)/t10-/m1/s1. The van der Waals surface area contributed by atoms with E-state index in [-0.39, 0.29) is 11.2 Å². The average molecular weight is 379 g/mol. The first-order valence-electron chi connectivity index (χ1n) is 7.94. The Kier molecular flexibility index (Phi) is 4.73. The van der Waals surface area contributed by atoms with Crippen LogP contribution in [0.25, 0.3) is 16.9 Å². The molecule has 3 rings (SSSR count). The lowest BCUT2D eigenvalue weighted by atomic mass is 10.2. The minimum absolute atomic E-state index is 0.0440. The van der Waals surface area contributed by atoms with Crippen LogP contribution in [0.5, 0.6) is 5.88 Å². The van der Waals surface area contributed by atoms with Gasteiger partial charge in [0.15, 0.2) is 5.65 Å². The van der Waals surface area contributed by atoms with E-state index in [0.29, 0.717) is 22.8 Å². The molecule has 0 saturated heterocycles. The Morgan fingerprint density at radius 2 is 2.04 bits per heavy atom. The highest BCUT2D eigenvalue weighted by molar-refractivity contribution is 6.00. The van der Waals surface area contributed by atoms with Gasteiger partial charge in [-0.25, -0.2) is 14.5 Å². The number of ether oxygens (including phenoxy) is 1. The number of aromatic nitrogens is 4. The van der Waals surface area contributed by atoms with Crippen molar-refractivity contribution in [3.8, 4) is 17.1 Å². The van der Waals surface area contributed by atoms with Gasteiger partial charge in [-0.15, -0.1) is 0 Å². The molecule has 27 heavy (non-hydrogen) atoms. The lowest BCUT2D eigenvalue weighted by Gasteiger charge is -2.16. The molecular weight excluding hydrogens is 363 g/mol. The van der Waals surface area contributed by atoms with Crippen molar-refractivity contribution in [1.82, 2.24) is 24.9 Å². The normalized spacial score (nSPS) is 12.8. The second-order valence-electron chi connectivity index (χ2n) is 5.90. The highest BCUT2D eigenvalue weighted by Crippen LogP contribution is 2.23. The van der Waals surface area contributed by atoms with Crippen LogP contribution < -0.4 is 10.1 Å². The van der Waals surface area contributed by atoms with Crippen LogP contribution in [0.4, 0.5) is 13.2 Å². The number of nitrogens with zero attached hydrogens (tertiary/aromatic N) is 4. The summed E-state index contributed by atoms with van der Waals surface area (Å²) >= 11 is 0. The molecule has 0 radical (unpaired) electrons. The molecule has 0 saturated carbocycles. The first-order chi connectivity index (χ1) is 12.7. The van der Waals surface area contributed by atoms with Gasteiger partial charge in [-0.3, -0.25) is 4.79 Å². The molecule has 3 aromatic rings. The van der Waals surface area contributed by atoms with Crippen LogP contribution in [0.2, 0.25) is 0 Å². The minimum Gasteiger partial charge on any atom is -0.481 e. The third kappa shape index (κ3) is 3.69. The van der Waals surface area contributed by atoms with Crippen LogP contribution in [-0.2, 0) is 0 Å². The maximum Gasteiger partial charge on any atom is 0.408 e. The number of hydrogen-bond donors (Lipinski definition) is 1. The van der Waals surface area contributed by atoms with E-state index >= 15 is 0 Å². The second-order valence-corrected chi connectivity index (χ2v) is 5.90. The smallest absolute Gasteiger partial charge is 0.408 e. The Morgan fingerprint density at radius 1 is 1.30 bits per heavy atom. The van der Waals surface area contributed by atoms with Crippen LogP contribution in [0.15, 0.2) is 30.6 Å². The van der Waals surface area contributed by atoms with Crippen LogP contribution in [0.1, 0.15) is 23.0 Å². The second kappa shape index (κ2) is 6.86. The summed E-state index contributed by atoms with van der Waals surface area (Å²) in [5.74, 6) is -0.464. The number of hydrogen-bond acceptors (Lipinski definition) is 5. The van der Waals surface area contributed by atoms with E-state index in [1.807, 2.05) is 5.32 Å². The molecule has 0 aliphatic heterocycles. The molecule has 0 aliphatic carbocycles. The summed E-state index contributed by atoms with van der Waals surface area (Å²) in [6, 6.07) is 3.15. The summed E-state index contributed by atoms with van der Waals surface area (Å²) in [4.78, 5) is 20.8. The van der Waals surface area contributed by atoms with Gasteiger partial charge in [0.2, 0.25) is 5.88 Å². The summed E-state index contributed by atoms with van der Waals surface area (Å²) in [6.45, 7) is 2.62. The lowest BCUT2D eigenvalue weighted by molar-refractivity contribution is -0.149. The molecule has 10 heteroatoms. The monoisotopic (exact) mass is 379 g/mol. The van der Waals surface area contributed by atoms with Gasteiger partial charge in [0.05, 0.1) is 19.0 Å². The fraction of sp³-hybridized carbons (Fsp3) is 0.294. The Balaban J connectivity index is 2.00. The highest BCUT2D eigenvalue weighted by atomic mass is 19.4. The number of fused-ring (bicyclic) bond motifs is 1. The molecule has 0 unspecified atom stereocenters. The van der Waals surface area contributed by atoms with Gasteiger partial charge in [0.25, 0.3) is 5.91 Å². The largest absolute Gasteiger partial charge is 0.481 e. The predicted octanol–water partition coefficient (Wildman–Crippen LogP) is 2.79. The molecule has 3 heterocycles. The number of nitrogens with one attached hydrogen (secondary N) is 1. The van der Waals surface area contributed by atoms with E-state index in [0.717, 1.165) is 6.92 Å². The van der Waals surface area contributed by atoms with Crippen molar-refractivity contribution in [2.24, 2.45) is 0 Å². The van der Waals surface area contributed by atoms with Gasteiger partial charge in [0, 0.05) is 23.5 Å². The number of carbonyl (C=O) groups excluding carboxylic acids is 1. The maximum atomic E-state index is 12.7. The molecule has 1 N–H and O–H groups in total. The van der Waals surface area contributed by atoms with Crippen molar-refractivity contribution in [3.05, 3.63) is 41.9 Å². The number of halogens is 3. The van der Waals surface area contributed by atoms with Crippen molar-refractivity contribution in [3.63, 3.8) is 0 Å². The van der Waals surface area contributed by atoms with Gasteiger partial charge < -0.3 is 10.1 Å². The minimum atomic E-state index is -4.54. The Hall–Kier alpha value is -3.17. The Morgan fingerprint density at radius 3 is 2.63 bits per heavy atom. The molecule has 1 amide bonds. The number of aryl methyl sites for hydroxylation is 1. The Bertz CT molecular complexity index is 983. The van der Waals surface area contributed by atoms with Crippen molar-refractivity contribution in [2.45, 2.75) is 26.1 Å². The zero-order valence-corrected chi connectivity index (χ0v) is 14.7. The number of rotatable bonds is 4. The molecule has 142 valence electrons. The zero-order valence-electron chi connectivity index (χ0n) is 14.7. The molecule has 7 nitrogen and oxygen atoms in total. The van der Waals surface area contributed by atoms with Crippen molar-refractivity contribution >= 4 is 11.6 Å². The fourth-order valence-corrected chi connectivity index (χ4v) is 2.43. The third-order valence-corrected chi connectivity index (χ3v) is 3.97. The van der Waals surface area contributed by atoms with Crippen LogP contribution >= 0.6 is 0 Å². The van der Waals surface area contributed by atoms with E-state index in [4.69, 9.17) is 4.74 Å². The molecule has 1 atom stereocenters. The van der Waals surface area contributed by atoms with E-state index in [1.54, 1.807) is 31.3 Å². The van der Waals surface area contributed by atoms with Gasteiger partial charge in [0.1, 0.15) is 11.6 Å². The topological polar surface area (TPSA) is 81.4 Å². The summed E-state index contributed by atoms with van der Waals surface area (Å²) < 4.78 is 44.5. The molecule has 0 aliphatic rings. The molecule has 3 aromatic heterocycles. The van der Waals surface area contributed by atoms with Crippen LogP contribution in [0, 0.1) is 6.92 Å². The van der Waals surface area contributed by atoms with E-state index in [2.05, 4.69) is 15.1 Å². The van der Waals surface area contributed by atoms with Gasteiger partial charge in [-0.05, 0) is 26.0 Å². The summed E-state index contributed by atoms with van der Waals surface area (Å²) in [7, 11) is 1.50. The first kappa shape index (κ1) is 18.6. The third-order valence-electron chi connectivity index (χ3n) is 3.97. The van der Waals surface area contributed by atoms with Gasteiger partial charge >= 0.3 is 6.18 Å². The summed E-state index contributed by atoms with van der Waals surface area (Å²) in [6.07, 6.45) is -1.79. The number of pyridine rings is 1. The lowest BCUT2D eigenvalue weighted by Crippen LogP contribution is -2.43. The van der Waals surface area contributed by atoms with Gasteiger partial charge in [-0.1, -0.05) is 0 Å². The Labute approximate surface area is 152 Å². The maximum absolute atomic E-state index is 12.7. The number of methoxy groups -OCH3 is 1. The molecule has 0 bridgehead atoms. The molecule has 0 aromatic carbocycles. The van der Waals surface area contributed by atoms with Crippen molar-refractivity contribution in [2.75, 3.05) is 7.11 Å². The van der Waals surface area contributed by atoms with Crippen LogP contribution in [-0.4, -0.2) is 44.8 Å². The number of carbonyl (C=O) groups is 1. The number of amides is 1. The fourth-order valence-electron chi connectivity index (χ4n) is 2.43. The van der Waals surface area contributed by atoms with E-state index < -0.39 is 18.1 Å². The van der Waals surface area contributed by atoms with E-state index in [1.165, 1.54) is 17.8 Å². The average Bonchev–Trinajstić information content (AvgIpc) is 3.05. The molecule has 0 spiro atoms.